The highest BCUT2D eigenvalue weighted by atomic mass is 16.5. The Morgan fingerprint density at radius 2 is 1.85 bits per heavy atom. The lowest BCUT2D eigenvalue weighted by Gasteiger charge is -2.44. The summed E-state index contributed by atoms with van der Waals surface area (Å²) in [5, 5.41) is 3.19. The molecule has 2 atom stereocenters. The van der Waals surface area contributed by atoms with E-state index < -0.39 is 0 Å². The van der Waals surface area contributed by atoms with Gasteiger partial charge in [0.25, 0.3) is 5.91 Å². The zero-order valence-corrected chi connectivity index (χ0v) is 18.9. The first-order valence-corrected chi connectivity index (χ1v) is 11.6. The van der Waals surface area contributed by atoms with Gasteiger partial charge in [-0.05, 0) is 54.8 Å². The number of benzene rings is 2. The standard InChI is InChI=1S/C28H30N2O3/c1-32-26-25(29-27(31)24-14-8-20-33-24)22-12-5-6-13-23(22)28(26)15-18-30(19-16-28)17-7-11-21-9-3-2-4-10-21/h2-14,20,25-26H,15-19H2,1H3,(H,29,31)/b11-7+/t25-,26+/m1/s1. The molecule has 1 aliphatic carbocycles. The first-order chi connectivity index (χ1) is 16.2. The second kappa shape index (κ2) is 9.38. The Morgan fingerprint density at radius 1 is 1.09 bits per heavy atom. The number of methoxy groups -OCH3 is 1. The highest BCUT2D eigenvalue weighted by molar-refractivity contribution is 5.91. The molecule has 5 heteroatoms. The number of piperidine rings is 1. The van der Waals surface area contributed by atoms with Gasteiger partial charge in [0.2, 0.25) is 0 Å². The number of ether oxygens (including phenoxy) is 1. The number of hydrogen-bond acceptors (Lipinski definition) is 4. The minimum Gasteiger partial charge on any atom is -0.459 e. The fourth-order valence-corrected chi connectivity index (χ4v) is 5.58. The molecule has 1 fully saturated rings. The molecule has 0 saturated carbocycles. The van der Waals surface area contributed by atoms with Crippen molar-refractivity contribution in [3.05, 3.63) is 102 Å². The minimum atomic E-state index is -0.206. The molecule has 0 unspecified atom stereocenters. The molecule has 2 heterocycles. The highest BCUT2D eigenvalue weighted by Gasteiger charge is 2.54. The lowest BCUT2D eigenvalue weighted by atomic mass is 9.72. The third-order valence-corrected chi connectivity index (χ3v) is 7.19. The van der Waals surface area contributed by atoms with Gasteiger partial charge in [0, 0.05) is 19.1 Å². The number of carbonyl (C=O) groups is 1. The summed E-state index contributed by atoms with van der Waals surface area (Å²) >= 11 is 0. The number of rotatable bonds is 6. The van der Waals surface area contributed by atoms with Crippen LogP contribution in [-0.2, 0) is 10.2 Å². The summed E-state index contributed by atoms with van der Waals surface area (Å²) in [5.41, 5.74) is 3.58. The van der Waals surface area contributed by atoms with Gasteiger partial charge >= 0.3 is 0 Å². The first kappa shape index (κ1) is 21.7. The van der Waals surface area contributed by atoms with Crippen LogP contribution in [0.2, 0.25) is 0 Å². The topological polar surface area (TPSA) is 54.7 Å². The highest BCUT2D eigenvalue weighted by Crippen LogP contribution is 2.52. The van der Waals surface area contributed by atoms with Crippen molar-refractivity contribution in [3.8, 4) is 0 Å². The molecule has 0 radical (unpaired) electrons. The van der Waals surface area contributed by atoms with Crippen LogP contribution < -0.4 is 5.32 Å². The molecule has 1 amide bonds. The van der Waals surface area contributed by atoms with E-state index in [-0.39, 0.29) is 23.5 Å². The van der Waals surface area contributed by atoms with Crippen molar-refractivity contribution in [2.45, 2.75) is 30.4 Å². The molecule has 1 saturated heterocycles. The maximum absolute atomic E-state index is 12.8. The van der Waals surface area contributed by atoms with Crippen LogP contribution in [0.3, 0.4) is 0 Å². The summed E-state index contributed by atoms with van der Waals surface area (Å²) < 4.78 is 11.4. The Morgan fingerprint density at radius 3 is 2.58 bits per heavy atom. The number of fused-ring (bicyclic) bond motifs is 2. The molecule has 0 bridgehead atoms. The summed E-state index contributed by atoms with van der Waals surface area (Å²) in [6, 6.07) is 22.1. The van der Waals surface area contributed by atoms with E-state index in [0.29, 0.717) is 5.76 Å². The molecule has 1 aromatic heterocycles. The van der Waals surface area contributed by atoms with E-state index in [1.807, 2.05) is 12.1 Å². The number of carbonyl (C=O) groups excluding carboxylic acids is 1. The van der Waals surface area contributed by atoms with Gasteiger partial charge in [-0.3, -0.25) is 9.69 Å². The van der Waals surface area contributed by atoms with E-state index in [0.717, 1.165) is 38.0 Å². The summed E-state index contributed by atoms with van der Waals surface area (Å²) in [4.78, 5) is 15.3. The average Bonchev–Trinajstić information content (AvgIpc) is 3.48. The van der Waals surface area contributed by atoms with Crippen LogP contribution in [0.1, 0.15) is 46.1 Å². The summed E-state index contributed by atoms with van der Waals surface area (Å²) in [6.07, 6.45) is 7.83. The molecule has 5 rings (SSSR count). The zero-order valence-electron chi connectivity index (χ0n) is 18.9. The number of furan rings is 1. The Kier molecular flexibility index (Phi) is 6.16. The fraction of sp³-hybridized carbons (Fsp3) is 0.321. The number of likely N-dealkylation sites (tertiary alicyclic amines) is 1. The quantitative estimate of drug-likeness (QED) is 0.594. The number of nitrogens with one attached hydrogen (secondary N) is 1. The molecule has 170 valence electrons. The van der Waals surface area contributed by atoms with Crippen molar-refractivity contribution in [3.63, 3.8) is 0 Å². The average molecular weight is 443 g/mol. The van der Waals surface area contributed by atoms with Crippen LogP contribution >= 0.6 is 0 Å². The van der Waals surface area contributed by atoms with Crippen LogP contribution in [0, 0.1) is 0 Å². The molecule has 3 aromatic rings. The van der Waals surface area contributed by atoms with Gasteiger partial charge < -0.3 is 14.5 Å². The lowest BCUT2D eigenvalue weighted by molar-refractivity contribution is -0.00992. The van der Waals surface area contributed by atoms with Crippen LogP contribution in [0.15, 0.2) is 83.5 Å². The SMILES string of the molecule is CO[C@H]1[C@H](NC(=O)c2ccco2)c2ccccc2C12CCN(C/C=C/c1ccccc1)CC2. The largest absolute Gasteiger partial charge is 0.459 e. The van der Waals surface area contributed by atoms with Gasteiger partial charge in [-0.25, -0.2) is 0 Å². The predicted molar refractivity (Wildman–Crippen MR) is 129 cm³/mol. The number of hydrogen-bond donors (Lipinski definition) is 1. The number of amides is 1. The minimum absolute atomic E-state index is 0.105. The molecular weight excluding hydrogens is 412 g/mol. The van der Waals surface area contributed by atoms with Gasteiger partial charge in [0.15, 0.2) is 5.76 Å². The molecule has 1 spiro atoms. The van der Waals surface area contributed by atoms with Crippen molar-refractivity contribution in [2.75, 3.05) is 26.7 Å². The van der Waals surface area contributed by atoms with Gasteiger partial charge in [-0.1, -0.05) is 66.7 Å². The summed E-state index contributed by atoms with van der Waals surface area (Å²) in [7, 11) is 1.76. The van der Waals surface area contributed by atoms with Crippen LogP contribution in [0.5, 0.6) is 0 Å². The van der Waals surface area contributed by atoms with Crippen LogP contribution in [0.4, 0.5) is 0 Å². The molecular formula is C28H30N2O3. The van der Waals surface area contributed by atoms with Crippen LogP contribution in [-0.4, -0.2) is 43.7 Å². The lowest BCUT2D eigenvalue weighted by Crippen LogP contribution is -2.50. The van der Waals surface area contributed by atoms with E-state index in [2.05, 4.69) is 64.8 Å². The van der Waals surface area contributed by atoms with Gasteiger partial charge in [-0.15, -0.1) is 0 Å². The molecule has 5 nitrogen and oxygen atoms in total. The summed E-state index contributed by atoms with van der Waals surface area (Å²) in [6.45, 7) is 2.92. The monoisotopic (exact) mass is 442 g/mol. The first-order valence-electron chi connectivity index (χ1n) is 11.6. The van der Waals surface area contributed by atoms with Crippen LogP contribution in [0.25, 0.3) is 6.08 Å². The van der Waals surface area contributed by atoms with E-state index in [1.165, 1.54) is 17.4 Å². The van der Waals surface area contributed by atoms with Crippen molar-refractivity contribution < 1.29 is 13.9 Å². The van der Waals surface area contributed by atoms with Crippen molar-refractivity contribution in [2.24, 2.45) is 0 Å². The van der Waals surface area contributed by atoms with Crippen molar-refractivity contribution in [1.82, 2.24) is 10.2 Å². The second-order valence-electron chi connectivity index (χ2n) is 8.94. The van der Waals surface area contributed by atoms with E-state index in [1.54, 1.807) is 19.2 Å². The smallest absolute Gasteiger partial charge is 0.287 e. The molecule has 33 heavy (non-hydrogen) atoms. The maximum atomic E-state index is 12.8. The van der Waals surface area contributed by atoms with E-state index in [4.69, 9.17) is 9.15 Å². The predicted octanol–water partition coefficient (Wildman–Crippen LogP) is 4.83. The summed E-state index contributed by atoms with van der Waals surface area (Å²) in [5.74, 6) is 0.116. The second-order valence-corrected chi connectivity index (χ2v) is 8.94. The van der Waals surface area contributed by atoms with E-state index >= 15 is 0 Å². The Hall–Kier alpha value is -3.15. The third-order valence-electron chi connectivity index (χ3n) is 7.19. The zero-order chi connectivity index (χ0) is 22.7. The normalized spacial score (nSPS) is 22.0. The van der Waals surface area contributed by atoms with Gasteiger partial charge in [0.05, 0.1) is 18.4 Å². The molecule has 2 aromatic carbocycles. The fourth-order valence-electron chi connectivity index (χ4n) is 5.58. The number of nitrogens with zero attached hydrogens (tertiary/aromatic N) is 1. The maximum Gasteiger partial charge on any atom is 0.287 e. The third kappa shape index (κ3) is 4.14. The molecule has 2 aliphatic rings. The van der Waals surface area contributed by atoms with Gasteiger partial charge in [-0.2, -0.15) is 0 Å². The molecule has 1 aliphatic heterocycles. The van der Waals surface area contributed by atoms with Crippen molar-refractivity contribution in [1.29, 1.82) is 0 Å². The van der Waals surface area contributed by atoms with Gasteiger partial charge in [0.1, 0.15) is 0 Å². The Labute approximate surface area is 195 Å². The Balaban J connectivity index is 1.32. The van der Waals surface area contributed by atoms with E-state index in [9.17, 15) is 4.79 Å². The molecule has 1 N–H and O–H groups in total. The van der Waals surface area contributed by atoms with Crippen molar-refractivity contribution >= 4 is 12.0 Å². The Bertz CT molecular complexity index is 1100.